The van der Waals surface area contributed by atoms with Gasteiger partial charge in [0.15, 0.2) is 16.6 Å². The maximum absolute atomic E-state index is 13.1. The lowest BCUT2D eigenvalue weighted by atomic mass is 10.1. The number of ether oxygens (including phenoxy) is 3. The molecule has 200 valence electrons. The first-order chi connectivity index (χ1) is 18.3. The van der Waals surface area contributed by atoms with Crippen molar-refractivity contribution in [1.29, 1.82) is 0 Å². The van der Waals surface area contributed by atoms with E-state index in [1.807, 2.05) is 50.2 Å². The molecule has 1 aliphatic heterocycles. The van der Waals surface area contributed by atoms with E-state index in [1.165, 1.54) is 0 Å². The van der Waals surface area contributed by atoms with Crippen molar-refractivity contribution in [3.8, 4) is 17.2 Å². The molecule has 7 nitrogen and oxygen atoms in total. The third-order valence-corrected chi connectivity index (χ3v) is 7.44. The highest BCUT2D eigenvalue weighted by Gasteiger charge is 2.30. The molecule has 1 aliphatic rings. The second kappa shape index (κ2) is 13.1. The molecule has 0 saturated carbocycles. The van der Waals surface area contributed by atoms with E-state index in [1.54, 1.807) is 17.0 Å². The van der Waals surface area contributed by atoms with E-state index in [-0.39, 0.29) is 12.5 Å². The molecule has 38 heavy (non-hydrogen) atoms. The normalized spacial score (nSPS) is 14.2. The molecule has 1 amide bonds. The number of rotatable bonds is 11. The van der Waals surface area contributed by atoms with Crippen LogP contribution in [0.2, 0.25) is 0 Å². The number of benzene rings is 2. The zero-order valence-corrected chi connectivity index (χ0v) is 26.3. The first-order valence-electron chi connectivity index (χ1n) is 11.9. The van der Waals surface area contributed by atoms with E-state index in [0.29, 0.717) is 65.8 Å². The number of hydrogen-bond donors (Lipinski definition) is 1. The average molecular weight is 729 g/mol. The fraction of sp³-hybridized carbons (Fsp3) is 0.259. The van der Waals surface area contributed by atoms with E-state index in [2.05, 4.69) is 53.1 Å². The van der Waals surface area contributed by atoms with Crippen molar-refractivity contribution in [2.75, 3.05) is 19.8 Å². The Morgan fingerprint density at radius 3 is 2.39 bits per heavy atom. The van der Waals surface area contributed by atoms with Crippen molar-refractivity contribution < 1.29 is 23.4 Å². The van der Waals surface area contributed by atoms with Crippen LogP contribution in [-0.4, -0.2) is 35.7 Å². The van der Waals surface area contributed by atoms with Crippen LogP contribution in [0.5, 0.6) is 17.2 Å². The van der Waals surface area contributed by atoms with Gasteiger partial charge in [-0.15, -0.1) is 0 Å². The van der Waals surface area contributed by atoms with Crippen LogP contribution in [0.4, 0.5) is 0 Å². The number of furan rings is 1. The smallest absolute Gasteiger partial charge is 0.276 e. The number of amides is 1. The van der Waals surface area contributed by atoms with Crippen molar-refractivity contribution in [2.45, 2.75) is 26.9 Å². The maximum atomic E-state index is 13.1. The first-order valence-corrected chi connectivity index (χ1v) is 14.7. The maximum Gasteiger partial charge on any atom is 0.276 e. The molecule has 11 heteroatoms. The fourth-order valence-corrected chi connectivity index (χ4v) is 6.54. The predicted octanol–water partition coefficient (Wildman–Crippen LogP) is 7.24. The first kappa shape index (κ1) is 28.7. The van der Waals surface area contributed by atoms with Crippen LogP contribution in [0.25, 0.3) is 6.08 Å². The van der Waals surface area contributed by atoms with Crippen molar-refractivity contribution >= 4 is 77.1 Å². The lowest BCUT2D eigenvalue weighted by Crippen LogP contribution is -2.32. The van der Waals surface area contributed by atoms with Crippen LogP contribution in [0.1, 0.15) is 30.9 Å². The molecule has 0 radical (unpaired) electrons. The minimum absolute atomic E-state index is 0.206. The van der Waals surface area contributed by atoms with Crippen molar-refractivity contribution in [3.63, 3.8) is 0 Å². The van der Waals surface area contributed by atoms with Gasteiger partial charge in [0, 0.05) is 17.1 Å². The summed E-state index contributed by atoms with van der Waals surface area (Å²) in [6, 6.07) is 13.2. The zero-order valence-electron chi connectivity index (χ0n) is 20.7. The van der Waals surface area contributed by atoms with E-state index in [0.717, 1.165) is 19.0 Å². The minimum Gasteiger partial charge on any atom is -0.490 e. The number of hydrogen-bond acceptors (Lipinski definition) is 6. The van der Waals surface area contributed by atoms with Crippen LogP contribution in [0.15, 0.2) is 66.0 Å². The summed E-state index contributed by atoms with van der Waals surface area (Å²) in [6.45, 7) is 5.60. The van der Waals surface area contributed by atoms with Gasteiger partial charge in [0.05, 0.1) is 22.2 Å². The van der Waals surface area contributed by atoms with E-state index in [4.69, 9.17) is 30.8 Å². The molecule has 0 spiro atoms. The second-order valence-corrected chi connectivity index (χ2v) is 11.1. The summed E-state index contributed by atoms with van der Waals surface area (Å²) in [5.74, 6) is 2.99. The highest BCUT2D eigenvalue weighted by molar-refractivity contribution is 9.11. The van der Waals surface area contributed by atoms with Crippen LogP contribution >= 0.6 is 60.0 Å². The molecule has 3 aromatic rings. The van der Waals surface area contributed by atoms with Gasteiger partial charge in [-0.1, -0.05) is 22.0 Å². The molecule has 1 fully saturated rings. The molecular formula is C27H25Br3N2O5S. The quantitative estimate of drug-likeness (QED) is 0.165. The Morgan fingerprint density at radius 2 is 1.68 bits per heavy atom. The molecule has 0 aliphatic carbocycles. The Kier molecular flexibility index (Phi) is 9.91. The van der Waals surface area contributed by atoms with Gasteiger partial charge in [-0.25, -0.2) is 0 Å². The highest BCUT2D eigenvalue weighted by atomic mass is 79.9. The van der Waals surface area contributed by atoms with Gasteiger partial charge in [-0.2, -0.15) is 0 Å². The van der Waals surface area contributed by atoms with Crippen LogP contribution in [0.3, 0.4) is 0 Å². The molecule has 1 aromatic heterocycles. The SMILES string of the molecule is CCOc1ccc(CCN2C(=O)/C(=C\c3ccc(COc4c(Br)cc(Br)cc4Br)o3)NC2=S)cc1OCC. The lowest BCUT2D eigenvalue weighted by molar-refractivity contribution is -0.122. The third-order valence-electron chi connectivity index (χ3n) is 5.49. The summed E-state index contributed by atoms with van der Waals surface area (Å²) >= 11 is 15.9. The van der Waals surface area contributed by atoms with Crippen molar-refractivity contribution in [2.24, 2.45) is 0 Å². The van der Waals surface area contributed by atoms with Gasteiger partial charge in [-0.05, 0) is 106 Å². The zero-order chi connectivity index (χ0) is 27.2. The van der Waals surface area contributed by atoms with Gasteiger partial charge in [-0.3, -0.25) is 9.69 Å². The average Bonchev–Trinajstić information content (AvgIpc) is 3.42. The number of nitrogens with zero attached hydrogens (tertiary/aromatic N) is 1. The molecule has 1 N–H and O–H groups in total. The van der Waals surface area contributed by atoms with Gasteiger partial charge in [0.1, 0.15) is 29.6 Å². The molecule has 2 heterocycles. The number of nitrogens with one attached hydrogen (secondary N) is 1. The Labute approximate surface area is 251 Å². The summed E-state index contributed by atoms with van der Waals surface area (Å²) in [5.41, 5.74) is 1.38. The largest absolute Gasteiger partial charge is 0.490 e. The second-order valence-electron chi connectivity index (χ2n) is 8.13. The molecule has 0 bridgehead atoms. The summed E-state index contributed by atoms with van der Waals surface area (Å²) in [5, 5.41) is 3.36. The number of carbonyl (C=O) groups excluding carboxylic acids is 1. The molecule has 1 saturated heterocycles. The van der Waals surface area contributed by atoms with Gasteiger partial charge < -0.3 is 23.9 Å². The van der Waals surface area contributed by atoms with E-state index in [9.17, 15) is 4.79 Å². The summed E-state index contributed by atoms with van der Waals surface area (Å²) in [6.07, 6.45) is 2.25. The number of carbonyl (C=O) groups is 1. The van der Waals surface area contributed by atoms with E-state index >= 15 is 0 Å². The van der Waals surface area contributed by atoms with Crippen molar-refractivity contribution in [3.05, 3.63) is 78.7 Å². The Hall–Kier alpha value is -2.34. The molecule has 2 aromatic carbocycles. The van der Waals surface area contributed by atoms with Gasteiger partial charge >= 0.3 is 0 Å². The Bertz CT molecular complexity index is 1350. The minimum atomic E-state index is -0.206. The lowest BCUT2D eigenvalue weighted by Gasteiger charge is -2.15. The third kappa shape index (κ3) is 6.99. The van der Waals surface area contributed by atoms with Crippen LogP contribution < -0.4 is 19.5 Å². The Morgan fingerprint density at radius 1 is 0.974 bits per heavy atom. The number of thiocarbonyl (C=S) groups is 1. The molecule has 0 unspecified atom stereocenters. The van der Waals surface area contributed by atoms with E-state index < -0.39 is 0 Å². The molecule has 0 atom stereocenters. The molecular weight excluding hydrogens is 704 g/mol. The summed E-state index contributed by atoms with van der Waals surface area (Å²) < 4.78 is 25.6. The topological polar surface area (TPSA) is 73.2 Å². The van der Waals surface area contributed by atoms with Crippen molar-refractivity contribution in [1.82, 2.24) is 10.2 Å². The standard InChI is InChI=1S/C27H25Br3N2O5S/c1-3-34-23-8-5-16(11-24(23)35-4-2)9-10-32-26(33)22(31-27(32)38)14-18-6-7-19(37-18)15-36-25-20(29)12-17(28)13-21(25)30/h5-8,11-14H,3-4,9-10,15H2,1-2H3,(H,31,38)/b22-14+. The van der Waals surface area contributed by atoms with Crippen LogP contribution in [-0.2, 0) is 17.8 Å². The predicted molar refractivity (Wildman–Crippen MR) is 160 cm³/mol. The van der Waals surface area contributed by atoms with Crippen LogP contribution in [0, 0.1) is 0 Å². The monoisotopic (exact) mass is 726 g/mol. The van der Waals surface area contributed by atoms with Gasteiger partial charge in [0.25, 0.3) is 5.91 Å². The fourth-order valence-electron chi connectivity index (χ4n) is 3.77. The highest BCUT2D eigenvalue weighted by Crippen LogP contribution is 2.37. The number of halogens is 3. The van der Waals surface area contributed by atoms with Gasteiger partial charge in [0.2, 0.25) is 0 Å². The Balaban J connectivity index is 1.38. The molecule has 4 rings (SSSR count). The summed E-state index contributed by atoms with van der Waals surface area (Å²) in [7, 11) is 0. The summed E-state index contributed by atoms with van der Waals surface area (Å²) in [4.78, 5) is 14.6.